The molecular weight excluding hydrogens is 170 g/mol. The summed E-state index contributed by atoms with van der Waals surface area (Å²) in [5.41, 5.74) is -1.41. The Labute approximate surface area is 77.1 Å². The molecule has 0 saturated heterocycles. The van der Waals surface area contributed by atoms with Crippen molar-refractivity contribution >= 4 is 5.78 Å². The van der Waals surface area contributed by atoms with Crippen LogP contribution in [-0.4, -0.2) is 29.7 Å². The second kappa shape index (κ2) is 3.44. The summed E-state index contributed by atoms with van der Waals surface area (Å²) >= 11 is 0. The highest BCUT2D eigenvalue weighted by Crippen LogP contribution is 2.38. The summed E-state index contributed by atoms with van der Waals surface area (Å²) in [4.78, 5) is 11.3. The molecule has 1 saturated carbocycles. The third kappa shape index (κ3) is 1.34. The van der Waals surface area contributed by atoms with E-state index in [1.807, 2.05) is 13.0 Å². The van der Waals surface area contributed by atoms with Crippen LogP contribution in [0.2, 0.25) is 0 Å². The van der Waals surface area contributed by atoms with Crippen molar-refractivity contribution in [1.29, 1.82) is 5.26 Å². The van der Waals surface area contributed by atoms with Gasteiger partial charge in [0, 0.05) is 13.5 Å². The monoisotopic (exact) mass is 183 g/mol. The highest BCUT2D eigenvalue weighted by atomic mass is 16.5. The van der Waals surface area contributed by atoms with Crippen molar-refractivity contribution < 1.29 is 14.6 Å². The molecule has 4 nitrogen and oxygen atoms in total. The molecular formula is C9H13NO3. The van der Waals surface area contributed by atoms with E-state index in [1.165, 1.54) is 7.11 Å². The van der Waals surface area contributed by atoms with Crippen molar-refractivity contribution in [2.45, 2.75) is 31.5 Å². The van der Waals surface area contributed by atoms with Gasteiger partial charge in [-0.05, 0) is 6.42 Å². The van der Waals surface area contributed by atoms with Crippen LogP contribution in [0.15, 0.2) is 0 Å². The lowest BCUT2D eigenvalue weighted by molar-refractivity contribution is -0.178. The Morgan fingerprint density at radius 1 is 1.92 bits per heavy atom. The number of hydrogen-bond donors (Lipinski definition) is 1. The Morgan fingerprint density at radius 2 is 2.54 bits per heavy atom. The third-order valence-electron chi connectivity index (χ3n) is 2.60. The molecule has 1 fully saturated rings. The maximum absolute atomic E-state index is 11.3. The summed E-state index contributed by atoms with van der Waals surface area (Å²) in [6.45, 7) is 1.83. The number of carbonyl (C=O) groups is 1. The van der Waals surface area contributed by atoms with E-state index in [4.69, 9.17) is 10.00 Å². The van der Waals surface area contributed by atoms with E-state index in [0.717, 1.165) is 0 Å². The van der Waals surface area contributed by atoms with Gasteiger partial charge in [-0.15, -0.1) is 0 Å². The molecule has 3 unspecified atom stereocenters. The van der Waals surface area contributed by atoms with Gasteiger partial charge in [0.2, 0.25) is 0 Å². The van der Waals surface area contributed by atoms with Gasteiger partial charge in [-0.25, -0.2) is 0 Å². The van der Waals surface area contributed by atoms with Gasteiger partial charge in [0.15, 0.2) is 11.4 Å². The maximum Gasteiger partial charge on any atom is 0.184 e. The number of nitrogens with zero attached hydrogens (tertiary/aromatic N) is 1. The molecule has 1 aliphatic rings. The van der Waals surface area contributed by atoms with E-state index >= 15 is 0 Å². The molecule has 0 aromatic rings. The number of methoxy groups -OCH3 is 1. The van der Waals surface area contributed by atoms with Crippen molar-refractivity contribution in [3.05, 3.63) is 0 Å². The Balaban J connectivity index is 2.71. The van der Waals surface area contributed by atoms with Gasteiger partial charge in [0.05, 0.1) is 12.2 Å². The summed E-state index contributed by atoms with van der Waals surface area (Å²) in [6, 6.07) is 1.84. The standard InChI is InChI=1S/C9H13NO3/c1-3-7(13-2)9(12)4-6(5-10)8(9)11/h6-7,12H,3-4H2,1-2H3. The predicted molar refractivity (Wildman–Crippen MR) is 44.8 cm³/mol. The van der Waals surface area contributed by atoms with Crippen LogP contribution in [0.3, 0.4) is 0 Å². The number of nitriles is 1. The van der Waals surface area contributed by atoms with Gasteiger partial charge in [0.1, 0.15) is 5.92 Å². The normalized spacial score (nSPS) is 34.9. The van der Waals surface area contributed by atoms with Crippen LogP contribution in [-0.2, 0) is 9.53 Å². The van der Waals surface area contributed by atoms with Crippen LogP contribution in [0.4, 0.5) is 0 Å². The molecule has 0 spiro atoms. The number of rotatable bonds is 3. The predicted octanol–water partition coefficient (Wildman–Crippen LogP) is 0.255. The first kappa shape index (κ1) is 10.2. The van der Waals surface area contributed by atoms with Crippen LogP contribution in [0, 0.1) is 17.2 Å². The van der Waals surface area contributed by atoms with Gasteiger partial charge < -0.3 is 9.84 Å². The lowest BCUT2D eigenvalue weighted by atomic mass is 9.66. The summed E-state index contributed by atoms with van der Waals surface area (Å²) in [6.07, 6.45) is 0.288. The van der Waals surface area contributed by atoms with Gasteiger partial charge >= 0.3 is 0 Å². The SMILES string of the molecule is CCC(OC)C1(O)CC(C#N)C1=O. The first-order chi connectivity index (χ1) is 6.10. The Hall–Kier alpha value is -0.920. The second-order valence-electron chi connectivity index (χ2n) is 3.31. The minimum atomic E-state index is -1.41. The van der Waals surface area contributed by atoms with E-state index in [9.17, 15) is 9.90 Å². The van der Waals surface area contributed by atoms with Crippen molar-refractivity contribution in [3.63, 3.8) is 0 Å². The zero-order valence-electron chi connectivity index (χ0n) is 7.78. The van der Waals surface area contributed by atoms with Crippen molar-refractivity contribution in [2.75, 3.05) is 7.11 Å². The molecule has 0 bridgehead atoms. The van der Waals surface area contributed by atoms with E-state index in [2.05, 4.69) is 0 Å². The minimum absolute atomic E-state index is 0.203. The zero-order valence-corrected chi connectivity index (χ0v) is 7.78. The zero-order chi connectivity index (χ0) is 10.1. The van der Waals surface area contributed by atoms with Crippen LogP contribution in [0.5, 0.6) is 0 Å². The topological polar surface area (TPSA) is 70.3 Å². The van der Waals surface area contributed by atoms with E-state index < -0.39 is 23.4 Å². The van der Waals surface area contributed by atoms with Crippen molar-refractivity contribution in [2.24, 2.45) is 5.92 Å². The van der Waals surface area contributed by atoms with Gasteiger partial charge in [-0.3, -0.25) is 4.79 Å². The first-order valence-electron chi connectivity index (χ1n) is 4.29. The third-order valence-corrected chi connectivity index (χ3v) is 2.60. The smallest absolute Gasteiger partial charge is 0.184 e. The number of Topliss-reactive ketones (excluding diaryl/α,β-unsaturated/α-hetero) is 1. The lowest BCUT2D eigenvalue weighted by Crippen LogP contribution is -2.62. The molecule has 0 aromatic carbocycles. The molecule has 1 N–H and O–H groups in total. The Morgan fingerprint density at radius 3 is 2.85 bits per heavy atom. The number of ether oxygens (including phenoxy) is 1. The highest BCUT2D eigenvalue weighted by molar-refractivity contribution is 5.97. The average Bonchev–Trinajstić information content (AvgIpc) is 2.15. The van der Waals surface area contributed by atoms with Crippen LogP contribution in [0.1, 0.15) is 19.8 Å². The molecule has 0 heterocycles. The molecule has 72 valence electrons. The van der Waals surface area contributed by atoms with Crippen LogP contribution < -0.4 is 0 Å². The molecule has 0 amide bonds. The molecule has 13 heavy (non-hydrogen) atoms. The first-order valence-corrected chi connectivity index (χ1v) is 4.29. The number of hydrogen-bond acceptors (Lipinski definition) is 4. The Bertz CT molecular complexity index is 254. The summed E-state index contributed by atoms with van der Waals surface area (Å²) in [7, 11) is 1.46. The Kier molecular flexibility index (Phi) is 2.69. The van der Waals surface area contributed by atoms with Gasteiger partial charge in [-0.1, -0.05) is 6.92 Å². The molecule has 1 rings (SSSR count). The van der Waals surface area contributed by atoms with Crippen molar-refractivity contribution in [1.82, 2.24) is 0 Å². The van der Waals surface area contributed by atoms with Gasteiger partial charge in [0.25, 0.3) is 0 Å². The van der Waals surface area contributed by atoms with Gasteiger partial charge in [-0.2, -0.15) is 5.26 Å². The van der Waals surface area contributed by atoms with E-state index in [0.29, 0.717) is 6.42 Å². The quantitative estimate of drug-likeness (QED) is 0.681. The summed E-state index contributed by atoms with van der Waals surface area (Å²) in [5.74, 6) is -1.04. The second-order valence-corrected chi connectivity index (χ2v) is 3.31. The van der Waals surface area contributed by atoms with E-state index in [1.54, 1.807) is 0 Å². The molecule has 0 radical (unpaired) electrons. The number of ketones is 1. The molecule has 0 aliphatic heterocycles. The lowest BCUT2D eigenvalue weighted by Gasteiger charge is -2.42. The summed E-state index contributed by atoms with van der Waals surface area (Å²) < 4.78 is 4.99. The fourth-order valence-electron chi connectivity index (χ4n) is 1.77. The molecule has 1 aliphatic carbocycles. The fraction of sp³-hybridized carbons (Fsp3) is 0.778. The minimum Gasteiger partial charge on any atom is -0.379 e. The fourth-order valence-corrected chi connectivity index (χ4v) is 1.77. The van der Waals surface area contributed by atoms with Crippen molar-refractivity contribution in [3.8, 4) is 6.07 Å². The molecule has 0 aromatic heterocycles. The summed E-state index contributed by atoms with van der Waals surface area (Å²) in [5, 5.41) is 18.3. The van der Waals surface area contributed by atoms with Crippen LogP contribution >= 0.6 is 0 Å². The highest BCUT2D eigenvalue weighted by Gasteiger charge is 2.57. The van der Waals surface area contributed by atoms with E-state index in [-0.39, 0.29) is 6.42 Å². The number of carbonyl (C=O) groups excluding carboxylic acids is 1. The largest absolute Gasteiger partial charge is 0.379 e. The molecule has 3 atom stereocenters. The molecule has 4 heteroatoms. The number of aliphatic hydroxyl groups is 1. The van der Waals surface area contributed by atoms with Crippen LogP contribution in [0.25, 0.3) is 0 Å². The average molecular weight is 183 g/mol. The maximum atomic E-state index is 11.3.